The second kappa shape index (κ2) is 11.8. The number of likely N-dealkylation sites (tertiary alicyclic amines) is 1. The number of carboxylic acids is 3. The van der Waals surface area contributed by atoms with Gasteiger partial charge in [0.1, 0.15) is 24.2 Å². The maximum Gasteiger partial charge on any atom is 0.326 e. The summed E-state index contributed by atoms with van der Waals surface area (Å²) in [6.45, 7) is -0.683. The molecule has 4 atom stereocenters. The van der Waals surface area contributed by atoms with E-state index in [9.17, 15) is 33.9 Å². The lowest BCUT2D eigenvalue weighted by Gasteiger charge is -2.28. The van der Waals surface area contributed by atoms with Crippen LogP contribution in [0.5, 0.6) is 0 Å². The number of carbonyl (C=O) groups is 6. The Kier molecular flexibility index (Phi) is 9.82. The van der Waals surface area contributed by atoms with Gasteiger partial charge in [-0.1, -0.05) is 0 Å². The summed E-state index contributed by atoms with van der Waals surface area (Å²) in [5.41, 5.74) is 5.36. The van der Waals surface area contributed by atoms with E-state index in [-0.39, 0.29) is 13.0 Å². The van der Waals surface area contributed by atoms with Crippen LogP contribution >= 0.6 is 0 Å². The molecule has 1 fully saturated rings. The van der Waals surface area contributed by atoms with E-state index < -0.39 is 85.7 Å². The molecule has 3 amide bonds. The van der Waals surface area contributed by atoms with Crippen LogP contribution in [0.25, 0.3) is 0 Å². The summed E-state index contributed by atoms with van der Waals surface area (Å²) in [6.07, 6.45) is -1.25. The lowest BCUT2D eigenvalue weighted by Crippen LogP contribution is -2.57. The Morgan fingerprint density at radius 1 is 0.968 bits per heavy atom. The number of hydrogen-bond donors (Lipinski definition) is 7. The zero-order valence-electron chi connectivity index (χ0n) is 16.5. The van der Waals surface area contributed by atoms with Gasteiger partial charge in [-0.05, 0) is 19.3 Å². The number of aliphatic hydroxyl groups excluding tert-OH is 1. The SMILES string of the molecule is NC(CO)C(=O)NC(CCC(=O)O)C(=O)NC(CC(=O)O)C(=O)N1CCCC1C(=O)O. The van der Waals surface area contributed by atoms with Crippen molar-refractivity contribution in [2.24, 2.45) is 5.73 Å². The van der Waals surface area contributed by atoms with Crippen molar-refractivity contribution in [2.75, 3.05) is 13.2 Å². The van der Waals surface area contributed by atoms with Gasteiger partial charge in [0.05, 0.1) is 13.0 Å². The molecule has 14 nitrogen and oxygen atoms in total. The number of amides is 3. The molecule has 174 valence electrons. The number of carboxylic acid groups (broad SMARTS) is 3. The van der Waals surface area contributed by atoms with Gasteiger partial charge in [-0.25, -0.2) is 4.79 Å². The third-order valence-electron chi connectivity index (χ3n) is 4.63. The molecular formula is C17H26N4O10. The number of aliphatic hydroxyl groups is 1. The van der Waals surface area contributed by atoms with Gasteiger partial charge in [0.2, 0.25) is 17.7 Å². The molecule has 0 saturated carbocycles. The van der Waals surface area contributed by atoms with Crippen molar-refractivity contribution >= 4 is 35.6 Å². The maximum absolute atomic E-state index is 12.7. The second-order valence-electron chi connectivity index (χ2n) is 6.97. The van der Waals surface area contributed by atoms with Gasteiger partial charge in [0.15, 0.2) is 0 Å². The van der Waals surface area contributed by atoms with Gasteiger partial charge in [-0.2, -0.15) is 0 Å². The Labute approximate surface area is 176 Å². The van der Waals surface area contributed by atoms with Crippen molar-refractivity contribution in [1.82, 2.24) is 15.5 Å². The average Bonchev–Trinajstić information content (AvgIpc) is 3.18. The van der Waals surface area contributed by atoms with Crippen LogP contribution in [0.3, 0.4) is 0 Å². The summed E-state index contributed by atoms with van der Waals surface area (Å²) < 4.78 is 0. The molecule has 1 aliphatic rings. The monoisotopic (exact) mass is 446 g/mol. The minimum atomic E-state index is -1.64. The number of carbonyl (C=O) groups excluding carboxylic acids is 3. The van der Waals surface area contributed by atoms with Crippen molar-refractivity contribution in [1.29, 1.82) is 0 Å². The molecular weight excluding hydrogens is 420 g/mol. The Bertz CT molecular complexity index is 728. The summed E-state index contributed by atoms with van der Waals surface area (Å²) >= 11 is 0. The zero-order chi connectivity index (χ0) is 23.7. The van der Waals surface area contributed by atoms with Crippen LogP contribution in [0.2, 0.25) is 0 Å². The third-order valence-corrected chi connectivity index (χ3v) is 4.63. The molecule has 1 rings (SSSR count). The van der Waals surface area contributed by atoms with Gasteiger partial charge in [-0.15, -0.1) is 0 Å². The van der Waals surface area contributed by atoms with E-state index >= 15 is 0 Å². The fourth-order valence-electron chi connectivity index (χ4n) is 3.03. The van der Waals surface area contributed by atoms with Crippen molar-refractivity contribution in [2.45, 2.75) is 56.3 Å². The van der Waals surface area contributed by atoms with Gasteiger partial charge in [0.25, 0.3) is 0 Å². The number of nitrogens with one attached hydrogen (secondary N) is 2. The van der Waals surface area contributed by atoms with Gasteiger partial charge in [-0.3, -0.25) is 24.0 Å². The smallest absolute Gasteiger partial charge is 0.326 e. The molecule has 31 heavy (non-hydrogen) atoms. The first-order valence-corrected chi connectivity index (χ1v) is 9.42. The van der Waals surface area contributed by atoms with E-state index in [1.807, 2.05) is 0 Å². The van der Waals surface area contributed by atoms with Gasteiger partial charge in [0, 0.05) is 13.0 Å². The predicted molar refractivity (Wildman–Crippen MR) is 100 cm³/mol. The molecule has 8 N–H and O–H groups in total. The first-order valence-electron chi connectivity index (χ1n) is 9.42. The molecule has 1 heterocycles. The fourth-order valence-corrected chi connectivity index (χ4v) is 3.03. The first-order chi connectivity index (χ1) is 14.5. The van der Waals surface area contributed by atoms with Crippen LogP contribution < -0.4 is 16.4 Å². The van der Waals surface area contributed by atoms with Crippen LogP contribution in [0.4, 0.5) is 0 Å². The lowest BCUT2D eigenvalue weighted by molar-refractivity contribution is -0.150. The van der Waals surface area contributed by atoms with Crippen LogP contribution in [-0.4, -0.2) is 98.3 Å². The van der Waals surface area contributed by atoms with E-state index in [1.54, 1.807) is 0 Å². The van der Waals surface area contributed by atoms with Crippen LogP contribution in [-0.2, 0) is 28.8 Å². The second-order valence-corrected chi connectivity index (χ2v) is 6.97. The van der Waals surface area contributed by atoms with Crippen LogP contribution in [0.15, 0.2) is 0 Å². The normalized spacial score (nSPS) is 18.5. The number of hydrogen-bond acceptors (Lipinski definition) is 8. The van der Waals surface area contributed by atoms with Crippen molar-refractivity contribution < 1.29 is 49.2 Å². The van der Waals surface area contributed by atoms with Crippen LogP contribution in [0, 0.1) is 0 Å². The molecule has 1 aliphatic heterocycles. The van der Waals surface area contributed by atoms with E-state index in [0.717, 1.165) is 4.90 Å². The largest absolute Gasteiger partial charge is 0.481 e. The Balaban J connectivity index is 3.02. The van der Waals surface area contributed by atoms with Crippen molar-refractivity contribution in [3.63, 3.8) is 0 Å². The van der Waals surface area contributed by atoms with E-state index in [0.29, 0.717) is 6.42 Å². The Morgan fingerprint density at radius 2 is 1.58 bits per heavy atom. The maximum atomic E-state index is 12.7. The molecule has 14 heteroatoms. The Morgan fingerprint density at radius 3 is 2.10 bits per heavy atom. The highest BCUT2D eigenvalue weighted by atomic mass is 16.4. The standard InChI is InChI=1S/C17H26N4O10/c18-8(7-22)14(27)19-9(3-4-12(23)24)15(28)20-10(6-13(25)26)16(29)21-5-1-2-11(21)17(30)31/h8-11,22H,1-7,18H2,(H,19,27)(H,20,28)(H,23,24)(H,25,26)(H,30,31). The Hall–Kier alpha value is -3.26. The van der Waals surface area contributed by atoms with E-state index in [1.165, 1.54) is 0 Å². The van der Waals surface area contributed by atoms with E-state index in [4.69, 9.17) is 21.1 Å². The third kappa shape index (κ3) is 7.82. The predicted octanol–water partition coefficient (Wildman–Crippen LogP) is -3.31. The molecule has 0 aromatic heterocycles. The molecule has 0 aliphatic carbocycles. The molecule has 0 aromatic rings. The quantitative estimate of drug-likeness (QED) is 0.157. The molecule has 0 bridgehead atoms. The summed E-state index contributed by atoms with van der Waals surface area (Å²) in [5, 5.41) is 40.4. The highest BCUT2D eigenvalue weighted by Crippen LogP contribution is 2.19. The van der Waals surface area contributed by atoms with Crippen molar-refractivity contribution in [3.05, 3.63) is 0 Å². The summed E-state index contributed by atoms with van der Waals surface area (Å²) in [6, 6.07) is -5.68. The minimum absolute atomic E-state index is 0.0618. The topological polar surface area (TPSA) is 237 Å². The summed E-state index contributed by atoms with van der Waals surface area (Å²) in [4.78, 5) is 71.6. The average molecular weight is 446 g/mol. The summed E-state index contributed by atoms with van der Waals surface area (Å²) in [7, 11) is 0. The minimum Gasteiger partial charge on any atom is -0.481 e. The number of aliphatic carboxylic acids is 3. The molecule has 0 aromatic carbocycles. The highest BCUT2D eigenvalue weighted by Gasteiger charge is 2.39. The molecule has 0 radical (unpaired) electrons. The molecule has 0 spiro atoms. The number of nitrogens with two attached hydrogens (primary N) is 1. The molecule has 4 unspecified atom stereocenters. The molecule has 1 saturated heterocycles. The van der Waals surface area contributed by atoms with Crippen molar-refractivity contribution in [3.8, 4) is 0 Å². The highest BCUT2D eigenvalue weighted by molar-refractivity contribution is 5.96. The van der Waals surface area contributed by atoms with Gasteiger partial charge >= 0.3 is 17.9 Å². The van der Waals surface area contributed by atoms with E-state index in [2.05, 4.69) is 10.6 Å². The van der Waals surface area contributed by atoms with Crippen LogP contribution in [0.1, 0.15) is 32.1 Å². The zero-order valence-corrected chi connectivity index (χ0v) is 16.5. The first kappa shape index (κ1) is 25.8. The number of rotatable bonds is 12. The lowest BCUT2D eigenvalue weighted by atomic mass is 10.1. The number of nitrogens with zero attached hydrogens (tertiary/aromatic N) is 1. The van der Waals surface area contributed by atoms with Gasteiger partial charge < -0.3 is 41.7 Å². The summed E-state index contributed by atoms with van der Waals surface area (Å²) in [5.74, 6) is -6.92. The fraction of sp³-hybridized carbons (Fsp3) is 0.647.